The summed E-state index contributed by atoms with van der Waals surface area (Å²) < 4.78 is 5.03. The highest BCUT2D eigenvalue weighted by molar-refractivity contribution is 5.80. The van der Waals surface area contributed by atoms with Gasteiger partial charge in [0.25, 0.3) is 0 Å². The van der Waals surface area contributed by atoms with E-state index in [9.17, 15) is 4.79 Å². The largest absolute Gasteiger partial charge is 0.489 e. The van der Waals surface area contributed by atoms with Gasteiger partial charge in [-0.05, 0) is 20.9 Å². The third kappa shape index (κ3) is 8.84. The molecule has 0 fully saturated rings. The van der Waals surface area contributed by atoms with Crippen molar-refractivity contribution in [3.8, 4) is 0 Å². The number of nitrogens with two attached hydrogens (primary N) is 1. The Bertz CT molecular complexity index is 153. The first-order chi connectivity index (χ1) is 5.70. The normalized spacial score (nSPS) is 9.92. The zero-order valence-electron chi connectivity index (χ0n) is 7.70. The van der Waals surface area contributed by atoms with Gasteiger partial charge >= 0.3 is 0 Å². The Morgan fingerprint density at radius 2 is 2.00 bits per heavy atom. The summed E-state index contributed by atoms with van der Waals surface area (Å²) in [5, 5.41) is 6.78. The van der Waals surface area contributed by atoms with Gasteiger partial charge in [-0.3, -0.25) is 4.79 Å². The number of nitrogens with one attached hydrogen (secondary N) is 1. The van der Waals surface area contributed by atoms with E-state index in [4.69, 9.17) is 10.1 Å². The van der Waals surface area contributed by atoms with Gasteiger partial charge in [-0.15, -0.1) is 0 Å². The minimum absolute atomic E-state index is 0.00722. The first-order valence-corrected chi connectivity index (χ1v) is 3.61. The zero-order valence-corrected chi connectivity index (χ0v) is 7.70. The Morgan fingerprint density at radius 3 is 2.25 bits per heavy atom. The smallest absolute Gasteiger partial charge is 0.146 e. The van der Waals surface area contributed by atoms with Gasteiger partial charge in [-0.25, -0.2) is 0 Å². The van der Waals surface area contributed by atoms with Crippen molar-refractivity contribution in [2.24, 2.45) is 5.73 Å². The Kier molecular flexibility index (Phi) is 11.0. The maximum absolute atomic E-state index is 9.90. The van der Waals surface area contributed by atoms with E-state index < -0.39 is 0 Å². The molecule has 0 aromatic carbocycles. The van der Waals surface area contributed by atoms with Crippen LogP contribution in [-0.2, 0) is 9.53 Å². The van der Waals surface area contributed by atoms with Gasteiger partial charge in [-0.1, -0.05) is 0 Å². The molecule has 0 spiro atoms. The number of ether oxygens (including phenoxy) is 1. The Labute approximate surface area is 72.9 Å². The van der Waals surface area contributed by atoms with Crippen LogP contribution in [0.4, 0.5) is 0 Å². The summed E-state index contributed by atoms with van der Waals surface area (Å²) in [4.78, 5) is 9.90. The lowest BCUT2D eigenvalue weighted by atomic mass is 10.4. The molecule has 4 heteroatoms. The molecule has 4 nitrogen and oxygen atoms in total. The Morgan fingerprint density at radius 1 is 1.50 bits per heavy atom. The average Bonchev–Trinajstić information content (AvgIpc) is 2.07. The van der Waals surface area contributed by atoms with Gasteiger partial charge in [0.1, 0.15) is 12.0 Å². The van der Waals surface area contributed by atoms with Crippen LogP contribution in [0, 0.1) is 5.41 Å². The molecule has 3 N–H and O–H groups in total. The predicted octanol–water partition coefficient (Wildman–Crippen LogP) is 0.719. The molecule has 70 valence electrons. The van der Waals surface area contributed by atoms with E-state index in [1.807, 2.05) is 13.8 Å². The highest BCUT2D eigenvalue weighted by atomic mass is 16.5. The van der Waals surface area contributed by atoms with Crippen LogP contribution < -0.4 is 5.73 Å². The van der Waals surface area contributed by atoms with Gasteiger partial charge < -0.3 is 15.9 Å². The van der Waals surface area contributed by atoms with Gasteiger partial charge in [0.05, 0.1) is 12.3 Å². The monoisotopic (exact) mass is 172 g/mol. The van der Waals surface area contributed by atoms with E-state index in [2.05, 4.69) is 5.73 Å². The number of hydrogen-bond acceptors (Lipinski definition) is 4. The van der Waals surface area contributed by atoms with E-state index in [-0.39, 0.29) is 6.10 Å². The van der Waals surface area contributed by atoms with Crippen LogP contribution in [0.25, 0.3) is 0 Å². The van der Waals surface area contributed by atoms with Gasteiger partial charge in [0.2, 0.25) is 0 Å². The molecule has 0 heterocycles. The van der Waals surface area contributed by atoms with Crippen LogP contribution in [0.15, 0.2) is 11.8 Å². The molecule has 0 unspecified atom stereocenters. The SMILES string of the molecule is CC(C)O/C(C=N)=C/C=O.CN. The molecule has 12 heavy (non-hydrogen) atoms. The van der Waals surface area contributed by atoms with Crippen molar-refractivity contribution in [2.75, 3.05) is 7.05 Å². The maximum Gasteiger partial charge on any atom is 0.146 e. The van der Waals surface area contributed by atoms with E-state index in [0.717, 1.165) is 6.21 Å². The second-order valence-electron chi connectivity index (χ2n) is 2.02. The summed E-state index contributed by atoms with van der Waals surface area (Å²) in [7, 11) is 1.50. The number of hydrogen-bond donors (Lipinski definition) is 2. The van der Waals surface area contributed by atoms with Crippen LogP contribution in [0.5, 0.6) is 0 Å². The van der Waals surface area contributed by atoms with Crippen molar-refractivity contribution >= 4 is 12.5 Å². The van der Waals surface area contributed by atoms with Gasteiger partial charge in [0, 0.05) is 6.08 Å². The van der Waals surface area contributed by atoms with Crippen molar-refractivity contribution < 1.29 is 9.53 Å². The van der Waals surface area contributed by atoms with E-state index in [1.165, 1.54) is 13.1 Å². The second kappa shape index (κ2) is 9.84. The molecule has 0 radical (unpaired) electrons. The quantitative estimate of drug-likeness (QED) is 0.284. The van der Waals surface area contributed by atoms with E-state index >= 15 is 0 Å². The zero-order chi connectivity index (χ0) is 9.98. The molecule has 0 aliphatic heterocycles. The van der Waals surface area contributed by atoms with Crippen LogP contribution in [-0.4, -0.2) is 25.7 Å². The van der Waals surface area contributed by atoms with Gasteiger partial charge in [0.15, 0.2) is 0 Å². The number of allylic oxidation sites excluding steroid dienone is 2. The third-order valence-electron chi connectivity index (χ3n) is 0.746. The fourth-order valence-electron chi connectivity index (χ4n) is 0.461. The molecule has 0 saturated carbocycles. The second-order valence-corrected chi connectivity index (χ2v) is 2.02. The molecule has 0 aliphatic rings. The third-order valence-corrected chi connectivity index (χ3v) is 0.746. The first-order valence-electron chi connectivity index (χ1n) is 3.61. The first kappa shape index (κ1) is 13.4. The van der Waals surface area contributed by atoms with Crippen LogP contribution in [0.3, 0.4) is 0 Å². The fraction of sp³-hybridized carbons (Fsp3) is 0.500. The van der Waals surface area contributed by atoms with Gasteiger partial charge in [-0.2, -0.15) is 0 Å². The van der Waals surface area contributed by atoms with Crippen molar-refractivity contribution in [1.29, 1.82) is 5.41 Å². The summed E-state index contributed by atoms with van der Waals surface area (Å²) in [6.45, 7) is 3.67. The molecular weight excluding hydrogens is 156 g/mol. The molecule has 0 bridgehead atoms. The van der Waals surface area contributed by atoms with E-state index in [0.29, 0.717) is 12.0 Å². The lowest BCUT2D eigenvalue weighted by Crippen LogP contribution is -2.02. The minimum atomic E-state index is 0.00722. The lowest BCUT2D eigenvalue weighted by Gasteiger charge is -2.07. The van der Waals surface area contributed by atoms with E-state index in [1.54, 1.807) is 0 Å². The molecule has 0 amide bonds. The number of carbonyl (C=O) groups excluding carboxylic acids is 1. The molecule has 0 saturated heterocycles. The van der Waals surface area contributed by atoms with Crippen LogP contribution in [0.1, 0.15) is 13.8 Å². The minimum Gasteiger partial charge on any atom is -0.489 e. The maximum atomic E-state index is 9.90. The standard InChI is InChI=1S/C7H11NO2.CH5N/c1-6(2)10-7(5-8)3-4-9;1-2/h3-6,8H,1-2H3;2H2,1H3/b7-3+,8-5?;. The summed E-state index contributed by atoms with van der Waals surface area (Å²) in [6, 6.07) is 0. The molecule has 0 rings (SSSR count). The van der Waals surface area contributed by atoms with Crippen molar-refractivity contribution in [1.82, 2.24) is 0 Å². The summed E-state index contributed by atoms with van der Waals surface area (Å²) in [5.74, 6) is 0.296. The predicted molar refractivity (Wildman–Crippen MR) is 49.3 cm³/mol. The molecule has 0 aromatic rings. The lowest BCUT2D eigenvalue weighted by molar-refractivity contribution is -0.104. The fourth-order valence-corrected chi connectivity index (χ4v) is 0.461. The molecule has 0 aromatic heterocycles. The van der Waals surface area contributed by atoms with Crippen LogP contribution in [0.2, 0.25) is 0 Å². The Hall–Kier alpha value is -1.16. The average molecular weight is 172 g/mol. The summed E-state index contributed by atoms with van der Waals surface area (Å²) >= 11 is 0. The number of carbonyl (C=O) groups is 1. The summed E-state index contributed by atoms with van der Waals surface area (Å²) in [6.07, 6.45) is 2.83. The molecule has 0 atom stereocenters. The number of rotatable bonds is 4. The molecule has 0 aliphatic carbocycles. The van der Waals surface area contributed by atoms with Crippen molar-refractivity contribution in [2.45, 2.75) is 20.0 Å². The molecular formula is C8H16N2O2. The highest BCUT2D eigenvalue weighted by Crippen LogP contribution is 1.97. The highest BCUT2D eigenvalue weighted by Gasteiger charge is 1.95. The topological polar surface area (TPSA) is 76.2 Å². The number of aldehydes is 1. The van der Waals surface area contributed by atoms with Crippen LogP contribution >= 0.6 is 0 Å². The van der Waals surface area contributed by atoms with Crippen molar-refractivity contribution in [3.05, 3.63) is 11.8 Å². The Balaban J connectivity index is 0. The summed E-state index contributed by atoms with van der Waals surface area (Å²) in [5.41, 5.74) is 4.50. The van der Waals surface area contributed by atoms with Crippen molar-refractivity contribution in [3.63, 3.8) is 0 Å².